The van der Waals surface area contributed by atoms with Crippen molar-refractivity contribution in [1.82, 2.24) is 16.0 Å². The number of amides is 3. The fraction of sp³-hybridized carbons (Fsp3) is 0.750. The lowest BCUT2D eigenvalue weighted by atomic mass is 10.1. The molecule has 4 unspecified atom stereocenters. The molecule has 13 N–H and O–H groups in total. The van der Waals surface area contributed by atoms with Gasteiger partial charge in [-0.1, -0.05) is 6.42 Å². The van der Waals surface area contributed by atoms with Crippen LogP contribution in [-0.2, 0) is 19.2 Å². The van der Waals surface area contributed by atoms with Crippen LogP contribution >= 0.6 is 11.8 Å². The van der Waals surface area contributed by atoms with Gasteiger partial charge in [-0.05, 0) is 50.7 Å². The molecule has 0 rings (SSSR count). The van der Waals surface area contributed by atoms with E-state index in [9.17, 15) is 24.3 Å². The second-order valence-electron chi connectivity index (χ2n) is 7.83. The molecule has 0 aromatic heterocycles. The van der Waals surface area contributed by atoms with Gasteiger partial charge in [0.2, 0.25) is 17.7 Å². The minimum atomic E-state index is -1.52. The zero-order valence-corrected chi connectivity index (χ0v) is 20.9. The molecule has 0 radical (unpaired) electrons. The van der Waals surface area contributed by atoms with E-state index in [0.717, 1.165) is 0 Å². The van der Waals surface area contributed by atoms with Crippen LogP contribution in [0.25, 0.3) is 0 Å². The predicted molar refractivity (Wildman–Crippen MR) is 134 cm³/mol. The summed E-state index contributed by atoms with van der Waals surface area (Å²) in [5.41, 5.74) is 22.0. The third-order valence-corrected chi connectivity index (χ3v) is 5.57. The molecule has 0 heterocycles. The molecule has 0 fully saturated rings. The molecule has 0 aliphatic carbocycles. The van der Waals surface area contributed by atoms with Crippen LogP contribution in [-0.4, -0.2) is 95.7 Å². The zero-order chi connectivity index (χ0) is 26.8. The molecular formula is C20H40N8O6S. The van der Waals surface area contributed by atoms with Gasteiger partial charge < -0.3 is 49.1 Å². The SMILES string of the molecule is CSCCC(NC(=O)C(CCCN=C(N)N)NC(=O)C(N)CCCCN)C(=O)NC(CO)C(=O)O. The molecule has 0 aliphatic heterocycles. The number of hydrogen-bond acceptors (Lipinski definition) is 9. The number of unbranched alkanes of at least 4 members (excludes halogenated alkanes) is 1. The molecular weight excluding hydrogens is 480 g/mol. The van der Waals surface area contributed by atoms with Crippen molar-refractivity contribution in [3.05, 3.63) is 0 Å². The molecule has 0 saturated heterocycles. The summed E-state index contributed by atoms with van der Waals surface area (Å²) in [6.45, 7) is -0.115. The van der Waals surface area contributed by atoms with E-state index in [1.54, 1.807) is 0 Å². The maximum Gasteiger partial charge on any atom is 0.328 e. The number of hydrogen-bond donors (Lipinski definition) is 9. The first-order valence-electron chi connectivity index (χ1n) is 11.3. The van der Waals surface area contributed by atoms with E-state index in [4.69, 9.17) is 28.0 Å². The quantitative estimate of drug-likeness (QED) is 0.0464. The third-order valence-electron chi connectivity index (χ3n) is 4.93. The summed E-state index contributed by atoms with van der Waals surface area (Å²) in [7, 11) is 0. The van der Waals surface area contributed by atoms with Crippen LogP contribution < -0.4 is 38.9 Å². The van der Waals surface area contributed by atoms with E-state index >= 15 is 0 Å². The Morgan fingerprint density at radius 1 is 0.886 bits per heavy atom. The van der Waals surface area contributed by atoms with Crippen molar-refractivity contribution in [2.75, 3.05) is 31.7 Å². The van der Waals surface area contributed by atoms with Crippen molar-refractivity contribution < 1.29 is 29.4 Å². The Hall–Kier alpha value is -2.62. The minimum Gasteiger partial charge on any atom is -0.480 e. The van der Waals surface area contributed by atoms with Gasteiger partial charge in [0.15, 0.2) is 5.96 Å². The van der Waals surface area contributed by atoms with Crippen molar-refractivity contribution in [3.63, 3.8) is 0 Å². The van der Waals surface area contributed by atoms with E-state index < -0.39 is 54.5 Å². The molecule has 4 atom stereocenters. The van der Waals surface area contributed by atoms with E-state index in [2.05, 4.69) is 20.9 Å². The normalized spacial score (nSPS) is 14.2. The van der Waals surface area contributed by atoms with E-state index in [0.29, 0.717) is 38.0 Å². The topological polar surface area (TPSA) is 261 Å². The van der Waals surface area contributed by atoms with Gasteiger partial charge in [0.05, 0.1) is 12.6 Å². The number of carboxylic acids is 1. The largest absolute Gasteiger partial charge is 0.480 e. The minimum absolute atomic E-state index is 0.109. The Kier molecular flexibility index (Phi) is 17.3. The second-order valence-corrected chi connectivity index (χ2v) is 8.81. The lowest BCUT2D eigenvalue weighted by Crippen LogP contribution is -2.57. The number of carbonyl (C=O) groups is 4. The third kappa shape index (κ3) is 14.4. The molecule has 0 aromatic rings. The standard InChI is InChI=1S/C20H40N8O6S/c1-35-10-7-14(18(32)28-15(11-29)19(33)34)27-17(31)13(6-4-9-25-20(23)24)26-16(30)12(22)5-2-3-8-21/h12-15,29H,2-11,21-22H2,1H3,(H,26,30)(H,27,31)(H,28,32)(H,33,34)(H4,23,24,25). The van der Waals surface area contributed by atoms with Crippen molar-refractivity contribution in [2.45, 2.75) is 62.7 Å². The molecule has 0 aromatic carbocycles. The average Bonchev–Trinajstić information content (AvgIpc) is 2.81. The monoisotopic (exact) mass is 520 g/mol. The van der Waals surface area contributed by atoms with Gasteiger partial charge in [-0.2, -0.15) is 11.8 Å². The Morgan fingerprint density at radius 2 is 1.46 bits per heavy atom. The summed E-state index contributed by atoms with van der Waals surface area (Å²) < 4.78 is 0. The van der Waals surface area contributed by atoms with E-state index in [1.165, 1.54) is 11.8 Å². The molecule has 0 bridgehead atoms. The lowest BCUT2D eigenvalue weighted by molar-refractivity contribution is -0.143. The first-order chi connectivity index (χ1) is 16.6. The Balaban J connectivity index is 5.43. The van der Waals surface area contributed by atoms with Crippen LogP contribution in [0.1, 0.15) is 38.5 Å². The van der Waals surface area contributed by atoms with Crippen molar-refractivity contribution >= 4 is 41.4 Å². The molecule has 0 spiro atoms. The van der Waals surface area contributed by atoms with Gasteiger partial charge in [-0.3, -0.25) is 19.4 Å². The van der Waals surface area contributed by atoms with Crippen molar-refractivity contribution in [1.29, 1.82) is 0 Å². The summed E-state index contributed by atoms with van der Waals surface area (Å²) in [5, 5.41) is 25.6. The highest BCUT2D eigenvalue weighted by Gasteiger charge is 2.29. The van der Waals surface area contributed by atoms with Crippen LogP contribution in [0.5, 0.6) is 0 Å². The Labute approximate surface area is 209 Å². The number of nitrogens with two attached hydrogens (primary N) is 4. The number of carbonyl (C=O) groups excluding carboxylic acids is 3. The fourth-order valence-corrected chi connectivity index (χ4v) is 3.40. The van der Waals surface area contributed by atoms with Crippen LogP contribution in [0.2, 0.25) is 0 Å². The van der Waals surface area contributed by atoms with Gasteiger partial charge in [0, 0.05) is 6.54 Å². The van der Waals surface area contributed by atoms with Crippen molar-refractivity contribution in [2.24, 2.45) is 27.9 Å². The van der Waals surface area contributed by atoms with Gasteiger partial charge in [0.1, 0.15) is 18.1 Å². The highest BCUT2D eigenvalue weighted by molar-refractivity contribution is 7.98. The number of thioether (sulfide) groups is 1. The molecule has 0 aliphatic rings. The van der Waals surface area contributed by atoms with Crippen molar-refractivity contribution in [3.8, 4) is 0 Å². The van der Waals surface area contributed by atoms with Crippen LogP contribution in [0, 0.1) is 0 Å². The van der Waals surface area contributed by atoms with E-state index in [-0.39, 0.29) is 25.3 Å². The summed E-state index contributed by atoms with van der Waals surface area (Å²) in [5.74, 6) is -2.97. The Morgan fingerprint density at radius 3 is 1.97 bits per heavy atom. The summed E-state index contributed by atoms with van der Waals surface area (Å²) in [6, 6.07) is -4.47. The summed E-state index contributed by atoms with van der Waals surface area (Å²) in [4.78, 5) is 53.2. The Bertz CT molecular complexity index is 707. The van der Waals surface area contributed by atoms with Gasteiger partial charge in [0.25, 0.3) is 0 Å². The molecule has 15 heteroatoms. The smallest absolute Gasteiger partial charge is 0.328 e. The molecule has 14 nitrogen and oxygen atoms in total. The average molecular weight is 521 g/mol. The molecule has 35 heavy (non-hydrogen) atoms. The predicted octanol–water partition coefficient (Wildman–Crippen LogP) is -3.22. The number of nitrogens with zero attached hydrogens (tertiary/aromatic N) is 1. The lowest BCUT2D eigenvalue weighted by Gasteiger charge is -2.25. The highest BCUT2D eigenvalue weighted by Crippen LogP contribution is 2.06. The fourth-order valence-electron chi connectivity index (χ4n) is 2.93. The molecule has 3 amide bonds. The maximum absolute atomic E-state index is 13.0. The van der Waals surface area contributed by atoms with E-state index in [1.807, 2.05) is 6.26 Å². The number of aliphatic hydroxyl groups is 1. The molecule has 202 valence electrons. The van der Waals surface area contributed by atoms with Gasteiger partial charge in [-0.25, -0.2) is 4.79 Å². The number of aliphatic imine (C=N–C) groups is 1. The van der Waals surface area contributed by atoms with Crippen LogP contribution in [0.4, 0.5) is 0 Å². The first-order valence-corrected chi connectivity index (χ1v) is 12.7. The molecule has 0 saturated carbocycles. The second kappa shape index (κ2) is 18.7. The number of rotatable bonds is 19. The number of aliphatic carboxylic acids is 1. The number of nitrogens with one attached hydrogen (secondary N) is 3. The number of guanidine groups is 1. The van der Waals surface area contributed by atoms with Crippen LogP contribution in [0.3, 0.4) is 0 Å². The number of carboxylic acid groups (broad SMARTS) is 1. The summed E-state index contributed by atoms with van der Waals surface area (Å²) >= 11 is 1.43. The number of aliphatic hydroxyl groups excluding tert-OH is 1. The summed E-state index contributed by atoms with van der Waals surface area (Å²) in [6.07, 6.45) is 4.27. The first kappa shape index (κ1) is 32.4. The van der Waals surface area contributed by atoms with Crippen LogP contribution in [0.15, 0.2) is 4.99 Å². The van der Waals surface area contributed by atoms with Gasteiger partial charge >= 0.3 is 5.97 Å². The maximum atomic E-state index is 13.0. The zero-order valence-electron chi connectivity index (χ0n) is 20.1. The highest BCUT2D eigenvalue weighted by atomic mass is 32.2. The van der Waals surface area contributed by atoms with Gasteiger partial charge in [-0.15, -0.1) is 0 Å².